The van der Waals surface area contributed by atoms with E-state index in [4.69, 9.17) is 5.11 Å². The van der Waals surface area contributed by atoms with Crippen LogP contribution in [0.2, 0.25) is 0 Å². The van der Waals surface area contributed by atoms with Gasteiger partial charge in [-0.15, -0.1) is 0 Å². The third-order valence-electron chi connectivity index (χ3n) is 2.61. The lowest BCUT2D eigenvalue weighted by molar-refractivity contribution is -0.140. The van der Waals surface area contributed by atoms with Crippen molar-refractivity contribution in [2.75, 3.05) is 13.1 Å². The van der Waals surface area contributed by atoms with Crippen molar-refractivity contribution in [3.05, 3.63) is 24.3 Å². The van der Waals surface area contributed by atoms with E-state index in [2.05, 4.69) is 20.6 Å². The zero-order valence-corrected chi connectivity index (χ0v) is 8.76. The van der Waals surface area contributed by atoms with Crippen molar-refractivity contribution in [2.24, 2.45) is 0 Å². The molecule has 2 heterocycles. The number of nitrogens with zero attached hydrogens (tertiary/aromatic N) is 2. The quantitative estimate of drug-likeness (QED) is 0.640. The van der Waals surface area contributed by atoms with Gasteiger partial charge >= 0.3 is 5.97 Å². The van der Waals surface area contributed by atoms with E-state index in [-0.39, 0.29) is 6.04 Å². The molecular formula is C10H14N4O2. The highest BCUT2D eigenvalue weighted by molar-refractivity contribution is 5.74. The second kappa shape index (κ2) is 5.00. The van der Waals surface area contributed by atoms with E-state index in [0.717, 1.165) is 19.5 Å². The predicted octanol–water partition coefficient (Wildman–Crippen LogP) is -0.446. The molecule has 1 aromatic rings. The number of nitrogens with one attached hydrogen (secondary N) is 2. The minimum Gasteiger partial charge on any atom is -0.480 e. The van der Waals surface area contributed by atoms with Crippen molar-refractivity contribution in [1.29, 1.82) is 0 Å². The summed E-state index contributed by atoms with van der Waals surface area (Å²) >= 11 is 0. The second-order valence-electron chi connectivity index (χ2n) is 3.76. The Hall–Kier alpha value is -1.53. The van der Waals surface area contributed by atoms with E-state index < -0.39 is 12.0 Å². The molecule has 0 spiro atoms. The Balaban J connectivity index is 2.08. The summed E-state index contributed by atoms with van der Waals surface area (Å²) in [5.41, 5.74) is 0.495. The van der Waals surface area contributed by atoms with Crippen LogP contribution < -0.4 is 10.6 Å². The topological polar surface area (TPSA) is 87.1 Å². The number of aliphatic carboxylic acids is 1. The van der Waals surface area contributed by atoms with Crippen molar-refractivity contribution < 1.29 is 9.90 Å². The molecule has 0 aromatic carbocycles. The molecule has 1 fully saturated rings. The summed E-state index contributed by atoms with van der Waals surface area (Å²) in [6, 6.07) is 1.05. The third-order valence-corrected chi connectivity index (χ3v) is 2.61. The maximum Gasteiger partial charge on any atom is 0.326 e. The van der Waals surface area contributed by atoms with Crippen LogP contribution in [0.25, 0.3) is 0 Å². The summed E-state index contributed by atoms with van der Waals surface area (Å²) in [6.45, 7) is 1.72. The highest BCUT2D eigenvalue weighted by Gasteiger charge is 2.25. The van der Waals surface area contributed by atoms with E-state index in [0.29, 0.717) is 5.69 Å². The van der Waals surface area contributed by atoms with Gasteiger partial charge in [-0.25, -0.2) is 9.97 Å². The average molecular weight is 222 g/mol. The van der Waals surface area contributed by atoms with Gasteiger partial charge in [-0.1, -0.05) is 0 Å². The van der Waals surface area contributed by atoms with Crippen LogP contribution in [-0.2, 0) is 4.79 Å². The van der Waals surface area contributed by atoms with E-state index in [1.54, 1.807) is 12.3 Å². The molecule has 0 aliphatic carbocycles. The van der Waals surface area contributed by atoms with Crippen LogP contribution in [0, 0.1) is 0 Å². The molecule has 1 saturated heterocycles. The van der Waals surface area contributed by atoms with Crippen molar-refractivity contribution in [3.63, 3.8) is 0 Å². The fourth-order valence-electron chi connectivity index (χ4n) is 1.79. The molecule has 2 unspecified atom stereocenters. The lowest BCUT2D eigenvalue weighted by Gasteiger charge is -2.18. The second-order valence-corrected chi connectivity index (χ2v) is 3.76. The molecule has 1 aliphatic heterocycles. The van der Waals surface area contributed by atoms with Crippen molar-refractivity contribution in [1.82, 2.24) is 20.6 Å². The molecule has 86 valence electrons. The molecule has 2 rings (SSSR count). The summed E-state index contributed by atoms with van der Waals surface area (Å²) in [6.07, 6.45) is 3.85. The Morgan fingerprint density at radius 2 is 2.56 bits per heavy atom. The highest BCUT2D eigenvalue weighted by atomic mass is 16.4. The monoisotopic (exact) mass is 222 g/mol. The van der Waals surface area contributed by atoms with E-state index >= 15 is 0 Å². The zero-order chi connectivity index (χ0) is 11.4. The first-order chi connectivity index (χ1) is 7.77. The molecule has 2 atom stereocenters. The molecule has 16 heavy (non-hydrogen) atoms. The SMILES string of the molecule is O=C(O)C(NC1CCNC1)c1ccncn1. The van der Waals surface area contributed by atoms with Gasteiger partial charge in [0.25, 0.3) is 0 Å². The third kappa shape index (κ3) is 2.53. The van der Waals surface area contributed by atoms with Crippen LogP contribution in [-0.4, -0.2) is 40.2 Å². The molecule has 0 amide bonds. The van der Waals surface area contributed by atoms with Crippen LogP contribution in [0.1, 0.15) is 18.2 Å². The number of hydrogen-bond donors (Lipinski definition) is 3. The van der Waals surface area contributed by atoms with Gasteiger partial charge in [0.05, 0.1) is 5.69 Å². The molecular weight excluding hydrogens is 208 g/mol. The smallest absolute Gasteiger partial charge is 0.326 e. The lowest BCUT2D eigenvalue weighted by Crippen LogP contribution is -2.38. The van der Waals surface area contributed by atoms with Gasteiger partial charge in [0.1, 0.15) is 12.4 Å². The van der Waals surface area contributed by atoms with Gasteiger partial charge in [-0.3, -0.25) is 10.1 Å². The Bertz CT molecular complexity index is 351. The molecule has 0 saturated carbocycles. The fraction of sp³-hybridized carbons (Fsp3) is 0.500. The molecule has 1 aromatic heterocycles. The Morgan fingerprint density at radius 1 is 1.69 bits per heavy atom. The standard InChI is InChI=1S/C10H14N4O2/c15-10(16)9(8-2-4-12-6-13-8)14-7-1-3-11-5-7/h2,4,6-7,9,11,14H,1,3,5H2,(H,15,16). The zero-order valence-electron chi connectivity index (χ0n) is 8.76. The molecule has 3 N–H and O–H groups in total. The van der Waals surface area contributed by atoms with Crippen LogP contribution >= 0.6 is 0 Å². The predicted molar refractivity (Wildman–Crippen MR) is 56.8 cm³/mol. The van der Waals surface area contributed by atoms with E-state index in [1.807, 2.05) is 0 Å². The van der Waals surface area contributed by atoms with E-state index in [1.165, 1.54) is 6.33 Å². The largest absolute Gasteiger partial charge is 0.480 e. The van der Waals surface area contributed by atoms with Gasteiger partial charge < -0.3 is 10.4 Å². The normalized spacial score (nSPS) is 21.9. The number of carboxylic acid groups (broad SMARTS) is 1. The molecule has 0 radical (unpaired) electrons. The lowest BCUT2D eigenvalue weighted by atomic mass is 10.1. The molecule has 6 nitrogen and oxygen atoms in total. The maximum atomic E-state index is 11.1. The number of hydrogen-bond acceptors (Lipinski definition) is 5. The van der Waals surface area contributed by atoms with Crippen molar-refractivity contribution >= 4 is 5.97 Å². The summed E-state index contributed by atoms with van der Waals surface area (Å²) in [4.78, 5) is 18.9. The van der Waals surface area contributed by atoms with Gasteiger partial charge in [-0.05, 0) is 19.0 Å². The van der Waals surface area contributed by atoms with Crippen LogP contribution in [0.4, 0.5) is 0 Å². The van der Waals surface area contributed by atoms with Gasteiger partial charge in [0, 0.05) is 18.8 Å². The van der Waals surface area contributed by atoms with Gasteiger partial charge in [-0.2, -0.15) is 0 Å². The first-order valence-corrected chi connectivity index (χ1v) is 5.23. The maximum absolute atomic E-state index is 11.1. The summed E-state index contributed by atoms with van der Waals surface area (Å²) in [5, 5.41) is 15.4. The Kier molecular flexibility index (Phi) is 3.43. The van der Waals surface area contributed by atoms with Crippen molar-refractivity contribution in [3.8, 4) is 0 Å². The molecule has 0 bridgehead atoms. The van der Waals surface area contributed by atoms with Crippen molar-refractivity contribution in [2.45, 2.75) is 18.5 Å². The fourth-order valence-corrected chi connectivity index (χ4v) is 1.79. The number of carbonyl (C=O) groups is 1. The summed E-state index contributed by atoms with van der Waals surface area (Å²) in [5.74, 6) is -0.911. The minimum absolute atomic E-state index is 0.191. The van der Waals surface area contributed by atoms with Crippen LogP contribution in [0.3, 0.4) is 0 Å². The van der Waals surface area contributed by atoms with E-state index in [9.17, 15) is 4.79 Å². The summed E-state index contributed by atoms with van der Waals surface area (Å²) < 4.78 is 0. The molecule has 1 aliphatic rings. The molecule has 6 heteroatoms. The first-order valence-electron chi connectivity index (χ1n) is 5.23. The summed E-state index contributed by atoms with van der Waals surface area (Å²) in [7, 11) is 0. The highest BCUT2D eigenvalue weighted by Crippen LogP contribution is 2.12. The minimum atomic E-state index is -0.911. The van der Waals surface area contributed by atoms with Crippen LogP contribution in [0.15, 0.2) is 18.6 Å². The van der Waals surface area contributed by atoms with Crippen LogP contribution in [0.5, 0.6) is 0 Å². The van der Waals surface area contributed by atoms with Gasteiger partial charge in [0.15, 0.2) is 0 Å². The number of aromatic nitrogens is 2. The Labute approximate surface area is 93.1 Å². The number of carboxylic acids is 1. The Morgan fingerprint density at radius 3 is 3.12 bits per heavy atom. The number of rotatable bonds is 4. The first kappa shape index (κ1) is 11.0. The average Bonchev–Trinajstić information content (AvgIpc) is 2.79. The van der Waals surface area contributed by atoms with Gasteiger partial charge in [0.2, 0.25) is 0 Å².